The second-order valence-corrected chi connectivity index (χ2v) is 8.69. The van der Waals surface area contributed by atoms with Gasteiger partial charge >= 0.3 is 11.9 Å². The van der Waals surface area contributed by atoms with E-state index in [1.54, 1.807) is 6.92 Å². The number of hydrogen-bond donors (Lipinski definition) is 7. The molecule has 5 unspecified atom stereocenters. The topological polar surface area (TPSA) is 203 Å². The Balaban J connectivity index is 2.15. The normalized spacial score (nSPS) is 18.6. The molecule has 2 rings (SSSR count). The number of aromatic nitrogens is 2. The van der Waals surface area contributed by atoms with E-state index in [9.17, 15) is 29.1 Å². The van der Waals surface area contributed by atoms with E-state index in [0.29, 0.717) is 25.1 Å². The highest BCUT2D eigenvalue weighted by molar-refractivity contribution is 5.94. The van der Waals surface area contributed by atoms with E-state index < -0.39 is 54.3 Å². The molecule has 1 aromatic rings. The van der Waals surface area contributed by atoms with Crippen LogP contribution in [0.25, 0.3) is 0 Å². The lowest BCUT2D eigenvalue weighted by Gasteiger charge is -2.28. The zero-order valence-electron chi connectivity index (χ0n) is 19.9. The highest BCUT2D eigenvalue weighted by Gasteiger charge is 2.33. The van der Waals surface area contributed by atoms with Gasteiger partial charge in [-0.1, -0.05) is 20.3 Å². The van der Waals surface area contributed by atoms with Crippen molar-refractivity contribution in [2.75, 3.05) is 6.54 Å². The molecule has 0 aromatic carbocycles. The molecular formula is C22H34N6O7. The van der Waals surface area contributed by atoms with Crippen molar-refractivity contribution in [3.63, 3.8) is 0 Å². The van der Waals surface area contributed by atoms with Crippen molar-refractivity contribution in [2.45, 2.75) is 76.5 Å². The molecule has 35 heavy (non-hydrogen) atoms. The number of carboxylic acids is 2. The smallest absolute Gasteiger partial charge is 0.326 e. The third kappa shape index (κ3) is 8.67. The second kappa shape index (κ2) is 13.4. The molecule has 5 atom stereocenters. The van der Waals surface area contributed by atoms with E-state index in [4.69, 9.17) is 5.11 Å². The van der Waals surface area contributed by atoms with Crippen LogP contribution in [0.5, 0.6) is 0 Å². The molecule has 0 spiro atoms. The predicted octanol–water partition coefficient (Wildman–Crippen LogP) is -0.846. The van der Waals surface area contributed by atoms with Crippen molar-refractivity contribution in [1.82, 2.24) is 31.2 Å². The van der Waals surface area contributed by atoms with Crippen molar-refractivity contribution in [2.24, 2.45) is 5.92 Å². The van der Waals surface area contributed by atoms with Crippen LogP contribution in [-0.4, -0.2) is 80.6 Å². The number of amides is 3. The number of aliphatic carboxylic acids is 2. The molecule has 1 fully saturated rings. The van der Waals surface area contributed by atoms with Gasteiger partial charge < -0.3 is 36.5 Å². The zero-order chi connectivity index (χ0) is 26.0. The van der Waals surface area contributed by atoms with Crippen molar-refractivity contribution >= 4 is 29.7 Å². The number of carbonyl (C=O) groups excluding carboxylic acids is 3. The predicted molar refractivity (Wildman–Crippen MR) is 123 cm³/mol. The highest BCUT2D eigenvalue weighted by Crippen LogP contribution is 2.11. The van der Waals surface area contributed by atoms with Gasteiger partial charge in [-0.2, -0.15) is 0 Å². The van der Waals surface area contributed by atoms with Crippen LogP contribution in [0.3, 0.4) is 0 Å². The summed E-state index contributed by atoms with van der Waals surface area (Å²) in [5, 5.41) is 29.0. The number of aromatic amines is 1. The van der Waals surface area contributed by atoms with E-state index in [1.165, 1.54) is 12.5 Å². The highest BCUT2D eigenvalue weighted by atomic mass is 16.4. The summed E-state index contributed by atoms with van der Waals surface area (Å²) >= 11 is 0. The van der Waals surface area contributed by atoms with Crippen LogP contribution in [0, 0.1) is 5.92 Å². The number of imidazole rings is 1. The molecule has 1 aromatic heterocycles. The molecule has 1 aliphatic rings. The van der Waals surface area contributed by atoms with Gasteiger partial charge in [-0.15, -0.1) is 0 Å². The summed E-state index contributed by atoms with van der Waals surface area (Å²) in [6.45, 7) is 4.24. The minimum absolute atomic E-state index is 0.107. The standard InChI is InChI=1S/C22H34N6O7/c1-3-12(2)18(21(33)26-15(22(34)35)6-7-17(29)30)28-20(32)16(9-13-10-23-11-25-13)27-19(31)14-5-4-8-24-14/h10-12,14-16,18,24H,3-9H2,1-2H3,(H,23,25)(H,26,33)(H,27,31)(H,28,32)(H,29,30)(H,34,35). The molecule has 13 heteroatoms. The summed E-state index contributed by atoms with van der Waals surface area (Å²) in [6.07, 6.45) is 4.33. The Bertz CT molecular complexity index is 885. The van der Waals surface area contributed by atoms with Crippen LogP contribution in [0.1, 0.15) is 51.6 Å². The van der Waals surface area contributed by atoms with Gasteiger partial charge in [0, 0.05) is 24.7 Å². The van der Waals surface area contributed by atoms with Crippen LogP contribution < -0.4 is 21.3 Å². The number of carboxylic acid groups (broad SMARTS) is 2. The van der Waals surface area contributed by atoms with Gasteiger partial charge in [0.2, 0.25) is 17.7 Å². The van der Waals surface area contributed by atoms with Crippen molar-refractivity contribution in [3.05, 3.63) is 18.2 Å². The lowest BCUT2D eigenvalue weighted by Crippen LogP contribution is -2.59. The van der Waals surface area contributed by atoms with E-state index in [0.717, 1.165) is 6.42 Å². The molecule has 3 amide bonds. The van der Waals surface area contributed by atoms with Gasteiger partial charge in [-0.25, -0.2) is 9.78 Å². The maximum absolute atomic E-state index is 13.2. The van der Waals surface area contributed by atoms with Crippen LogP contribution in [0.15, 0.2) is 12.5 Å². The van der Waals surface area contributed by atoms with Gasteiger partial charge in [-0.3, -0.25) is 19.2 Å². The van der Waals surface area contributed by atoms with Crippen LogP contribution >= 0.6 is 0 Å². The third-order valence-electron chi connectivity index (χ3n) is 6.04. The lowest BCUT2D eigenvalue weighted by molar-refractivity contribution is -0.143. The van der Waals surface area contributed by atoms with Crippen molar-refractivity contribution in [3.8, 4) is 0 Å². The Morgan fingerprint density at radius 1 is 1.11 bits per heavy atom. The number of carbonyl (C=O) groups is 5. The van der Waals surface area contributed by atoms with E-state index in [1.807, 2.05) is 6.92 Å². The molecule has 0 bridgehead atoms. The van der Waals surface area contributed by atoms with Crippen LogP contribution in [0.4, 0.5) is 0 Å². The summed E-state index contributed by atoms with van der Waals surface area (Å²) < 4.78 is 0. The summed E-state index contributed by atoms with van der Waals surface area (Å²) in [6, 6.07) is -3.93. The van der Waals surface area contributed by atoms with E-state index >= 15 is 0 Å². The average Bonchev–Trinajstić information content (AvgIpc) is 3.53. The number of nitrogens with one attached hydrogen (secondary N) is 5. The lowest BCUT2D eigenvalue weighted by atomic mass is 9.96. The number of rotatable bonds is 14. The first-order chi connectivity index (χ1) is 16.6. The first-order valence-electron chi connectivity index (χ1n) is 11.7. The first-order valence-corrected chi connectivity index (χ1v) is 11.7. The molecule has 7 N–H and O–H groups in total. The molecule has 0 aliphatic carbocycles. The summed E-state index contributed by atoms with van der Waals surface area (Å²) in [5.74, 6) is -4.61. The largest absolute Gasteiger partial charge is 0.481 e. The van der Waals surface area contributed by atoms with Gasteiger partial charge in [-0.05, 0) is 31.7 Å². The summed E-state index contributed by atoms with van der Waals surface area (Å²) in [4.78, 5) is 68.0. The van der Waals surface area contributed by atoms with E-state index in [-0.39, 0.29) is 24.7 Å². The summed E-state index contributed by atoms with van der Waals surface area (Å²) in [5.41, 5.74) is 0.606. The molecule has 1 aliphatic heterocycles. The third-order valence-corrected chi connectivity index (χ3v) is 6.04. The molecule has 0 saturated carbocycles. The minimum atomic E-state index is -1.42. The monoisotopic (exact) mass is 494 g/mol. The van der Waals surface area contributed by atoms with Crippen LogP contribution in [0.2, 0.25) is 0 Å². The molecule has 1 saturated heterocycles. The van der Waals surface area contributed by atoms with Crippen LogP contribution in [-0.2, 0) is 30.4 Å². The second-order valence-electron chi connectivity index (χ2n) is 8.69. The Hall–Kier alpha value is -3.48. The Labute approximate surface area is 202 Å². The molecule has 194 valence electrons. The number of hydrogen-bond acceptors (Lipinski definition) is 7. The fraction of sp³-hybridized carbons (Fsp3) is 0.636. The first kappa shape index (κ1) is 27.8. The minimum Gasteiger partial charge on any atom is -0.481 e. The molecule has 2 heterocycles. The van der Waals surface area contributed by atoms with Crippen molar-refractivity contribution < 1.29 is 34.2 Å². The maximum Gasteiger partial charge on any atom is 0.326 e. The molecule has 0 radical (unpaired) electrons. The van der Waals surface area contributed by atoms with Gasteiger partial charge in [0.25, 0.3) is 0 Å². The number of nitrogens with zero attached hydrogens (tertiary/aromatic N) is 1. The van der Waals surface area contributed by atoms with E-state index in [2.05, 4.69) is 31.2 Å². The number of H-pyrrole nitrogens is 1. The maximum atomic E-state index is 13.2. The van der Waals surface area contributed by atoms with Gasteiger partial charge in [0.1, 0.15) is 18.1 Å². The zero-order valence-corrected chi connectivity index (χ0v) is 19.9. The Morgan fingerprint density at radius 2 is 1.86 bits per heavy atom. The fourth-order valence-corrected chi connectivity index (χ4v) is 3.75. The summed E-state index contributed by atoms with van der Waals surface area (Å²) in [7, 11) is 0. The van der Waals surface area contributed by atoms with Crippen molar-refractivity contribution in [1.29, 1.82) is 0 Å². The van der Waals surface area contributed by atoms with Gasteiger partial charge in [0.15, 0.2) is 0 Å². The Kier molecular flexibility index (Phi) is 10.6. The average molecular weight is 495 g/mol. The van der Waals surface area contributed by atoms with Gasteiger partial charge in [0.05, 0.1) is 12.4 Å². The quantitative estimate of drug-likeness (QED) is 0.172. The molecule has 13 nitrogen and oxygen atoms in total. The SMILES string of the molecule is CCC(C)C(NC(=O)C(Cc1cnc[nH]1)NC(=O)C1CCCN1)C(=O)NC(CCC(=O)O)C(=O)O. The molecular weight excluding hydrogens is 460 g/mol. The fourth-order valence-electron chi connectivity index (χ4n) is 3.75. The Morgan fingerprint density at radius 3 is 2.40 bits per heavy atom.